The van der Waals surface area contributed by atoms with Crippen LogP contribution in [0.5, 0.6) is 11.5 Å². The van der Waals surface area contributed by atoms with Gasteiger partial charge < -0.3 is 19.1 Å². The van der Waals surface area contributed by atoms with Gasteiger partial charge in [-0.05, 0) is 41.5 Å². The third-order valence-electron chi connectivity index (χ3n) is 3.87. The maximum Gasteiger partial charge on any atom is 0.349 e. The largest absolute Gasteiger partial charge is 0.457 e. The summed E-state index contributed by atoms with van der Waals surface area (Å²) in [7, 11) is 3.89. The van der Waals surface area contributed by atoms with E-state index in [0.717, 1.165) is 16.8 Å². The third kappa shape index (κ3) is 3.95. The second-order valence-electron chi connectivity index (χ2n) is 5.92. The number of benzene rings is 2. The molecular formula is C20H18N2O4. The lowest BCUT2D eigenvalue weighted by Gasteiger charge is -2.11. The van der Waals surface area contributed by atoms with Gasteiger partial charge in [-0.25, -0.2) is 4.79 Å². The number of esters is 1. The topological polar surface area (TPSA) is 71.8 Å². The standard InChI is InChI=1S/C20H18N2O4/c1-22(2)17-6-3-14(4-7-17)9-16(11-21)20(23)24-12-15-5-8-18-19(10-15)26-13-25-18/h3-10H,12-13H2,1-2H3/b16-9+. The van der Waals surface area contributed by atoms with E-state index >= 15 is 0 Å². The van der Waals surface area contributed by atoms with Crippen LogP contribution in [0.25, 0.3) is 6.08 Å². The zero-order chi connectivity index (χ0) is 18.5. The van der Waals surface area contributed by atoms with Gasteiger partial charge in [-0.1, -0.05) is 18.2 Å². The Morgan fingerprint density at radius 2 is 1.92 bits per heavy atom. The van der Waals surface area contributed by atoms with E-state index in [0.29, 0.717) is 11.5 Å². The molecule has 2 aromatic rings. The number of anilines is 1. The van der Waals surface area contributed by atoms with E-state index in [9.17, 15) is 10.1 Å². The Balaban J connectivity index is 1.66. The monoisotopic (exact) mass is 350 g/mol. The molecule has 0 aliphatic carbocycles. The number of carbonyl (C=O) groups excluding carboxylic acids is 1. The van der Waals surface area contributed by atoms with Crippen LogP contribution in [0, 0.1) is 11.3 Å². The molecule has 6 nitrogen and oxygen atoms in total. The first-order valence-electron chi connectivity index (χ1n) is 8.01. The molecule has 1 heterocycles. The Labute approximate surface area is 151 Å². The van der Waals surface area contributed by atoms with Crippen LogP contribution in [-0.4, -0.2) is 26.9 Å². The van der Waals surface area contributed by atoms with Gasteiger partial charge in [0.2, 0.25) is 6.79 Å². The molecule has 0 N–H and O–H groups in total. The highest BCUT2D eigenvalue weighted by atomic mass is 16.7. The third-order valence-corrected chi connectivity index (χ3v) is 3.87. The Morgan fingerprint density at radius 3 is 2.62 bits per heavy atom. The molecule has 0 atom stereocenters. The van der Waals surface area contributed by atoms with Crippen molar-refractivity contribution >= 4 is 17.7 Å². The quantitative estimate of drug-likeness (QED) is 0.469. The van der Waals surface area contributed by atoms with Crippen LogP contribution in [0.3, 0.4) is 0 Å². The van der Waals surface area contributed by atoms with Gasteiger partial charge in [0.25, 0.3) is 0 Å². The van der Waals surface area contributed by atoms with Crippen molar-refractivity contribution in [3.63, 3.8) is 0 Å². The SMILES string of the molecule is CN(C)c1ccc(/C=C(\C#N)C(=O)OCc2ccc3c(c2)OCO3)cc1. The van der Waals surface area contributed by atoms with Crippen molar-refractivity contribution < 1.29 is 19.0 Å². The number of fused-ring (bicyclic) bond motifs is 1. The predicted octanol–water partition coefficient (Wildman–Crippen LogP) is 3.13. The molecule has 0 spiro atoms. The van der Waals surface area contributed by atoms with E-state index in [-0.39, 0.29) is 19.0 Å². The number of hydrogen-bond donors (Lipinski definition) is 0. The number of hydrogen-bond acceptors (Lipinski definition) is 6. The lowest BCUT2D eigenvalue weighted by Crippen LogP contribution is -2.08. The summed E-state index contributed by atoms with van der Waals surface area (Å²) in [5.74, 6) is 0.622. The molecule has 1 aliphatic heterocycles. The summed E-state index contributed by atoms with van der Waals surface area (Å²) >= 11 is 0. The summed E-state index contributed by atoms with van der Waals surface area (Å²) in [6.07, 6.45) is 1.52. The molecular weight excluding hydrogens is 332 g/mol. The minimum Gasteiger partial charge on any atom is -0.457 e. The predicted molar refractivity (Wildman–Crippen MR) is 96.7 cm³/mol. The zero-order valence-electron chi connectivity index (χ0n) is 14.6. The molecule has 0 saturated carbocycles. The van der Waals surface area contributed by atoms with Gasteiger partial charge in [0.15, 0.2) is 11.5 Å². The first-order chi connectivity index (χ1) is 12.6. The maximum absolute atomic E-state index is 12.2. The molecule has 0 radical (unpaired) electrons. The van der Waals surface area contributed by atoms with Crippen LogP contribution in [0.1, 0.15) is 11.1 Å². The van der Waals surface area contributed by atoms with E-state index in [2.05, 4.69) is 0 Å². The minimum atomic E-state index is -0.665. The first kappa shape index (κ1) is 17.4. The number of carbonyl (C=O) groups is 1. The zero-order valence-corrected chi connectivity index (χ0v) is 14.6. The summed E-state index contributed by atoms with van der Waals surface area (Å²) in [6.45, 7) is 0.237. The Kier molecular flexibility index (Phi) is 5.09. The molecule has 0 unspecified atom stereocenters. The Hall–Kier alpha value is -3.46. The number of rotatable bonds is 5. The van der Waals surface area contributed by atoms with Gasteiger partial charge in [-0.3, -0.25) is 0 Å². The molecule has 1 aliphatic rings. The van der Waals surface area contributed by atoms with Gasteiger partial charge >= 0.3 is 5.97 Å². The second-order valence-corrected chi connectivity index (χ2v) is 5.92. The van der Waals surface area contributed by atoms with Crippen LogP contribution < -0.4 is 14.4 Å². The van der Waals surface area contributed by atoms with Crippen LogP contribution in [0.15, 0.2) is 48.0 Å². The van der Waals surface area contributed by atoms with E-state index in [4.69, 9.17) is 14.2 Å². The van der Waals surface area contributed by atoms with Gasteiger partial charge in [0.1, 0.15) is 18.2 Å². The van der Waals surface area contributed by atoms with E-state index in [1.165, 1.54) is 6.08 Å². The molecule has 0 saturated heterocycles. The van der Waals surface area contributed by atoms with Crippen LogP contribution in [0.2, 0.25) is 0 Å². The smallest absolute Gasteiger partial charge is 0.349 e. The van der Waals surface area contributed by atoms with Crippen molar-refractivity contribution in [3.8, 4) is 17.6 Å². The summed E-state index contributed by atoms with van der Waals surface area (Å²) in [6, 6.07) is 14.7. The van der Waals surface area contributed by atoms with Crippen molar-refractivity contribution in [2.45, 2.75) is 6.61 Å². The van der Waals surface area contributed by atoms with Gasteiger partial charge in [-0.2, -0.15) is 5.26 Å². The van der Waals surface area contributed by atoms with Gasteiger partial charge in [0, 0.05) is 19.8 Å². The van der Waals surface area contributed by atoms with Crippen molar-refractivity contribution in [2.24, 2.45) is 0 Å². The molecule has 6 heteroatoms. The molecule has 0 aromatic heterocycles. The number of nitriles is 1. The highest BCUT2D eigenvalue weighted by molar-refractivity contribution is 5.97. The van der Waals surface area contributed by atoms with Crippen molar-refractivity contribution in [2.75, 3.05) is 25.8 Å². The van der Waals surface area contributed by atoms with E-state index < -0.39 is 5.97 Å². The van der Waals surface area contributed by atoms with Gasteiger partial charge in [-0.15, -0.1) is 0 Å². The number of nitrogens with zero attached hydrogens (tertiary/aromatic N) is 2. The van der Waals surface area contributed by atoms with Crippen LogP contribution in [0.4, 0.5) is 5.69 Å². The summed E-state index contributed by atoms with van der Waals surface area (Å²) < 4.78 is 15.8. The lowest BCUT2D eigenvalue weighted by molar-refractivity contribution is -0.139. The molecule has 26 heavy (non-hydrogen) atoms. The van der Waals surface area contributed by atoms with Crippen LogP contribution >= 0.6 is 0 Å². The molecule has 2 aromatic carbocycles. The first-order valence-corrected chi connectivity index (χ1v) is 8.01. The highest BCUT2D eigenvalue weighted by Gasteiger charge is 2.15. The van der Waals surface area contributed by atoms with Crippen LogP contribution in [-0.2, 0) is 16.1 Å². The summed E-state index contributed by atoms with van der Waals surface area (Å²) in [5.41, 5.74) is 2.50. The molecule has 0 amide bonds. The summed E-state index contributed by atoms with van der Waals surface area (Å²) in [4.78, 5) is 14.2. The molecule has 0 fully saturated rings. The molecule has 3 rings (SSSR count). The van der Waals surface area contributed by atoms with E-state index in [1.54, 1.807) is 18.2 Å². The minimum absolute atomic E-state index is 0.0497. The highest BCUT2D eigenvalue weighted by Crippen LogP contribution is 2.32. The average Bonchev–Trinajstić information content (AvgIpc) is 3.12. The van der Waals surface area contributed by atoms with Crippen molar-refractivity contribution in [3.05, 3.63) is 59.2 Å². The fourth-order valence-corrected chi connectivity index (χ4v) is 2.43. The summed E-state index contributed by atoms with van der Waals surface area (Å²) in [5, 5.41) is 9.26. The molecule has 132 valence electrons. The average molecular weight is 350 g/mol. The van der Waals surface area contributed by atoms with Crippen molar-refractivity contribution in [1.29, 1.82) is 5.26 Å². The lowest BCUT2D eigenvalue weighted by atomic mass is 10.1. The number of ether oxygens (including phenoxy) is 3. The second kappa shape index (κ2) is 7.62. The van der Waals surface area contributed by atoms with Crippen molar-refractivity contribution in [1.82, 2.24) is 0 Å². The maximum atomic E-state index is 12.2. The van der Waals surface area contributed by atoms with Gasteiger partial charge in [0.05, 0.1) is 0 Å². The Morgan fingerprint density at radius 1 is 1.19 bits per heavy atom. The molecule has 0 bridgehead atoms. The Bertz CT molecular complexity index is 880. The fraction of sp³-hybridized carbons (Fsp3) is 0.200. The fourth-order valence-electron chi connectivity index (χ4n) is 2.43. The normalized spacial score (nSPS) is 12.4. The van der Waals surface area contributed by atoms with E-state index in [1.807, 2.05) is 49.3 Å².